The Bertz CT molecular complexity index is 1320. The molecule has 0 aromatic heterocycles. The Balaban J connectivity index is 1.91. The summed E-state index contributed by atoms with van der Waals surface area (Å²) in [4.78, 5) is 28.7. The first-order chi connectivity index (χ1) is 21.1. The van der Waals surface area contributed by atoms with Gasteiger partial charge in [-0.1, -0.05) is 30.3 Å². The average molecular weight is 627 g/mol. The summed E-state index contributed by atoms with van der Waals surface area (Å²) in [6.45, 7) is 10.3. The van der Waals surface area contributed by atoms with Gasteiger partial charge in [-0.25, -0.2) is 0 Å². The van der Waals surface area contributed by atoms with Crippen molar-refractivity contribution in [2.75, 3.05) is 67.1 Å². The number of carbonyl (C=O) groups excluding carboxylic acids is 2. The fourth-order valence-electron chi connectivity index (χ4n) is 4.89. The van der Waals surface area contributed by atoms with Crippen LogP contribution in [0.25, 0.3) is 0 Å². The van der Waals surface area contributed by atoms with E-state index in [0.717, 1.165) is 0 Å². The Labute approximate surface area is 260 Å². The Morgan fingerprint density at radius 3 is 1.30 bits per heavy atom. The number of aryl methyl sites for hydroxylation is 4. The molecule has 0 spiro atoms. The topological polar surface area (TPSA) is 107 Å². The van der Waals surface area contributed by atoms with Gasteiger partial charge in [0.2, 0.25) is 18.2 Å². The van der Waals surface area contributed by atoms with Crippen LogP contribution in [0.2, 0.25) is 0 Å². The fraction of sp³-hybridized carbons (Fsp3) is 0.412. The molecule has 3 rings (SSSR count). The van der Waals surface area contributed by atoms with Crippen molar-refractivity contribution >= 4 is 23.5 Å². The third kappa shape index (κ3) is 8.87. The van der Waals surface area contributed by atoms with Gasteiger partial charge >= 0.3 is 0 Å². The number of hydrogen-bond acceptors (Lipinski definition) is 9. The number of carbonyl (C=O) groups is 2. The number of hydrogen-bond donors (Lipinski definition) is 0. The lowest BCUT2D eigenvalue weighted by Gasteiger charge is -2.21. The van der Waals surface area contributed by atoms with Crippen molar-refractivity contribution in [2.24, 2.45) is 0 Å². The summed E-state index contributed by atoms with van der Waals surface area (Å²) >= 11 is 0. The van der Waals surface area contributed by atoms with Crippen LogP contribution in [0.3, 0.4) is 0 Å². The average Bonchev–Trinajstić information content (AvgIpc) is 2.99. The van der Waals surface area contributed by atoms with E-state index in [4.69, 9.17) is 28.4 Å². The first-order valence-electron chi connectivity index (χ1n) is 14.5. The van der Waals surface area contributed by atoms with Crippen molar-refractivity contribution in [2.45, 2.75) is 27.7 Å². The van der Waals surface area contributed by atoms with Crippen LogP contribution in [-0.2, 0) is 23.5 Å². The van der Waals surface area contributed by atoms with E-state index in [1.54, 1.807) is 96.5 Å². The van der Waals surface area contributed by atoms with E-state index in [1.165, 1.54) is 0 Å². The molecule has 0 atom stereocenters. The second-order valence-electron chi connectivity index (χ2n) is 10.3. The van der Waals surface area contributed by atoms with Gasteiger partial charge in [-0.2, -0.15) is 0 Å². The molecule has 0 aliphatic carbocycles. The second-order valence-corrected chi connectivity index (χ2v) is 12.9. The lowest BCUT2D eigenvalue weighted by molar-refractivity contribution is 0.0544. The highest BCUT2D eigenvalue weighted by Crippen LogP contribution is 2.53. The molecule has 0 N–H and O–H groups in total. The molecule has 238 valence electrons. The molecule has 0 radical (unpaired) electrons. The van der Waals surface area contributed by atoms with Gasteiger partial charge in [0.25, 0.3) is 0 Å². The standard InChI is InChI=1S/C34H43O9P/c1-24-20-28(42-18-16-40-14-12-38-5)21-25(2)31(24)33(35)44(37,30-10-8-7-9-11-30)34(36)32-26(3)22-29(23-27(32)4)43-19-17-41-15-13-39-6/h7-11,20-23H,12-19H2,1-6H3. The summed E-state index contributed by atoms with van der Waals surface area (Å²) < 4.78 is 47.5. The monoisotopic (exact) mass is 626 g/mol. The first kappa shape index (κ1) is 35.2. The molecule has 0 fully saturated rings. The highest BCUT2D eigenvalue weighted by Gasteiger charge is 2.44. The van der Waals surface area contributed by atoms with Gasteiger partial charge < -0.3 is 33.0 Å². The zero-order chi connectivity index (χ0) is 32.1. The number of ether oxygens (including phenoxy) is 6. The molecule has 0 unspecified atom stereocenters. The largest absolute Gasteiger partial charge is 0.491 e. The van der Waals surface area contributed by atoms with E-state index in [-0.39, 0.29) is 16.4 Å². The van der Waals surface area contributed by atoms with Gasteiger partial charge in [0.05, 0.1) is 39.6 Å². The van der Waals surface area contributed by atoms with E-state index in [9.17, 15) is 14.2 Å². The maximum atomic E-state index is 15.0. The van der Waals surface area contributed by atoms with Crippen molar-refractivity contribution in [3.05, 3.63) is 88.0 Å². The van der Waals surface area contributed by atoms with Crippen LogP contribution in [-0.4, -0.2) is 78.1 Å². The summed E-state index contributed by atoms with van der Waals surface area (Å²) in [6.07, 6.45) is 0. The van der Waals surface area contributed by atoms with Gasteiger partial charge in [-0.15, -0.1) is 0 Å². The predicted octanol–water partition coefficient (Wildman–Crippen LogP) is 5.67. The minimum atomic E-state index is -4.33. The Kier molecular flexibility index (Phi) is 13.8. The van der Waals surface area contributed by atoms with Crippen molar-refractivity contribution < 1.29 is 42.6 Å². The van der Waals surface area contributed by atoms with E-state index < -0.39 is 18.2 Å². The van der Waals surface area contributed by atoms with Crippen molar-refractivity contribution in [3.63, 3.8) is 0 Å². The van der Waals surface area contributed by atoms with E-state index in [1.807, 2.05) is 0 Å². The van der Waals surface area contributed by atoms with E-state index >= 15 is 0 Å². The highest BCUT2D eigenvalue weighted by molar-refractivity contribution is 8.01. The molecule has 10 heteroatoms. The maximum Gasteiger partial charge on any atom is 0.248 e. The molecule has 0 aliphatic heterocycles. The van der Waals surface area contributed by atoms with Gasteiger partial charge in [-0.3, -0.25) is 9.59 Å². The second kappa shape index (κ2) is 17.2. The molecule has 0 saturated heterocycles. The van der Waals surface area contributed by atoms with Gasteiger partial charge in [0.1, 0.15) is 24.7 Å². The minimum absolute atomic E-state index is 0.190. The molecule has 3 aromatic rings. The van der Waals surface area contributed by atoms with Crippen molar-refractivity contribution in [1.29, 1.82) is 0 Å². The zero-order valence-electron chi connectivity index (χ0n) is 26.5. The molecule has 0 heterocycles. The SMILES string of the molecule is COCCOCCOc1cc(C)c(C(=O)P(=O)(C(=O)c2c(C)cc(OCCOCCOC)cc2C)c2ccccc2)c(C)c1. The van der Waals surface area contributed by atoms with Crippen LogP contribution >= 0.6 is 7.14 Å². The molecule has 0 aliphatic rings. The van der Waals surface area contributed by atoms with E-state index in [0.29, 0.717) is 86.6 Å². The predicted molar refractivity (Wildman–Crippen MR) is 171 cm³/mol. The van der Waals surface area contributed by atoms with Crippen LogP contribution < -0.4 is 14.8 Å². The van der Waals surface area contributed by atoms with Crippen LogP contribution in [0.4, 0.5) is 0 Å². The lowest BCUT2D eigenvalue weighted by Crippen LogP contribution is -2.23. The normalized spacial score (nSPS) is 11.4. The molecule has 0 saturated carbocycles. The quantitative estimate of drug-likeness (QED) is 0.123. The van der Waals surface area contributed by atoms with Gasteiger partial charge in [0.15, 0.2) is 0 Å². The lowest BCUT2D eigenvalue weighted by atomic mass is 10.0. The summed E-state index contributed by atoms with van der Waals surface area (Å²) in [7, 11) is -1.12. The van der Waals surface area contributed by atoms with Crippen LogP contribution in [0.5, 0.6) is 11.5 Å². The summed E-state index contributed by atoms with van der Waals surface area (Å²) in [5, 5.41) is 0.190. The molecular weight excluding hydrogens is 583 g/mol. The van der Waals surface area contributed by atoms with Gasteiger partial charge in [0, 0.05) is 30.7 Å². The number of rotatable bonds is 19. The van der Waals surface area contributed by atoms with Crippen LogP contribution in [0.1, 0.15) is 43.0 Å². The van der Waals surface area contributed by atoms with Gasteiger partial charge in [-0.05, 0) is 74.2 Å². The third-order valence-electron chi connectivity index (χ3n) is 6.99. The van der Waals surface area contributed by atoms with Crippen LogP contribution in [0.15, 0.2) is 54.6 Å². The zero-order valence-corrected chi connectivity index (χ0v) is 27.4. The fourth-order valence-corrected chi connectivity index (χ4v) is 7.47. The summed E-state index contributed by atoms with van der Waals surface area (Å²) in [5.41, 5.74) is 1.36. The Morgan fingerprint density at radius 2 is 0.932 bits per heavy atom. The first-order valence-corrected chi connectivity index (χ1v) is 16.2. The van der Waals surface area contributed by atoms with Crippen LogP contribution in [0, 0.1) is 27.7 Å². The summed E-state index contributed by atoms with van der Waals surface area (Å²) in [5.74, 6) is 1.11. The number of methoxy groups -OCH3 is 2. The molecule has 0 bridgehead atoms. The molecular formula is C34H43O9P. The maximum absolute atomic E-state index is 15.0. The Morgan fingerprint density at radius 1 is 0.568 bits per heavy atom. The van der Waals surface area contributed by atoms with Crippen molar-refractivity contribution in [1.82, 2.24) is 0 Å². The van der Waals surface area contributed by atoms with E-state index in [2.05, 4.69) is 0 Å². The molecule has 9 nitrogen and oxygen atoms in total. The summed E-state index contributed by atoms with van der Waals surface area (Å²) in [6, 6.07) is 15.1. The Hall–Kier alpha value is -3.33. The number of benzene rings is 3. The minimum Gasteiger partial charge on any atom is -0.491 e. The molecule has 44 heavy (non-hydrogen) atoms. The van der Waals surface area contributed by atoms with Crippen molar-refractivity contribution in [3.8, 4) is 11.5 Å². The molecule has 3 aromatic carbocycles. The highest BCUT2D eigenvalue weighted by atomic mass is 31.2. The third-order valence-corrected chi connectivity index (χ3v) is 9.60. The smallest absolute Gasteiger partial charge is 0.248 e. The molecule has 0 amide bonds.